The van der Waals surface area contributed by atoms with E-state index in [-0.39, 0.29) is 6.54 Å². The van der Waals surface area contributed by atoms with Crippen LogP contribution in [0.5, 0.6) is 0 Å². The number of halogens is 2. The van der Waals surface area contributed by atoms with Crippen LogP contribution in [0.25, 0.3) is 0 Å². The summed E-state index contributed by atoms with van der Waals surface area (Å²) in [4.78, 5) is 11.2. The Morgan fingerprint density at radius 2 is 2.21 bits per heavy atom. The highest BCUT2D eigenvalue weighted by atomic mass is 19.3. The first kappa shape index (κ1) is 13.2. The normalized spacial score (nSPS) is 13.8. The molecule has 0 aromatic carbocycles. The van der Waals surface area contributed by atoms with E-state index in [1.807, 2.05) is 5.32 Å². The fraction of sp³-hybridized carbons (Fsp3) is 0.875. The summed E-state index contributed by atoms with van der Waals surface area (Å²) in [5.41, 5.74) is 5.26. The molecule has 0 aliphatic carbocycles. The second kappa shape index (κ2) is 5.87. The Morgan fingerprint density at radius 3 is 2.57 bits per heavy atom. The summed E-state index contributed by atoms with van der Waals surface area (Å²) >= 11 is 0. The van der Waals surface area contributed by atoms with Gasteiger partial charge in [0.2, 0.25) is 5.91 Å². The van der Waals surface area contributed by atoms with Gasteiger partial charge in [0.05, 0.1) is 6.54 Å². The van der Waals surface area contributed by atoms with E-state index >= 15 is 0 Å². The molecule has 0 radical (unpaired) electrons. The van der Waals surface area contributed by atoms with Crippen LogP contribution >= 0.6 is 0 Å². The van der Waals surface area contributed by atoms with Gasteiger partial charge in [0.25, 0.3) is 5.92 Å². The third-order valence-electron chi connectivity index (χ3n) is 1.90. The van der Waals surface area contributed by atoms with E-state index in [0.717, 1.165) is 0 Å². The van der Waals surface area contributed by atoms with Crippen molar-refractivity contribution in [3.8, 4) is 0 Å². The standard InChI is InChI=1S/C8H16F2N2O2/c1-2-6(3-11)7(14)12-4-8(9,10)5-13/h6,13H,2-5,11H2,1H3,(H,12,14). The van der Waals surface area contributed by atoms with E-state index in [4.69, 9.17) is 10.8 Å². The zero-order valence-electron chi connectivity index (χ0n) is 8.09. The first-order valence-corrected chi connectivity index (χ1v) is 4.43. The number of hydrogen-bond donors (Lipinski definition) is 3. The molecule has 14 heavy (non-hydrogen) atoms. The van der Waals surface area contributed by atoms with Crippen LogP contribution in [0.4, 0.5) is 8.78 Å². The molecule has 0 saturated carbocycles. The van der Waals surface area contributed by atoms with Crippen LogP contribution in [-0.4, -0.2) is 36.6 Å². The van der Waals surface area contributed by atoms with Gasteiger partial charge in [-0.1, -0.05) is 6.92 Å². The number of nitrogens with one attached hydrogen (secondary N) is 1. The molecule has 0 rings (SSSR count). The molecule has 84 valence electrons. The van der Waals surface area contributed by atoms with E-state index in [1.165, 1.54) is 0 Å². The average molecular weight is 210 g/mol. The first-order valence-electron chi connectivity index (χ1n) is 4.43. The minimum atomic E-state index is -3.26. The minimum absolute atomic E-state index is 0.132. The average Bonchev–Trinajstić information content (AvgIpc) is 2.17. The number of amides is 1. The molecule has 0 aliphatic rings. The van der Waals surface area contributed by atoms with E-state index in [9.17, 15) is 13.6 Å². The van der Waals surface area contributed by atoms with Crippen molar-refractivity contribution in [1.82, 2.24) is 5.32 Å². The Kier molecular flexibility index (Phi) is 5.56. The maximum Gasteiger partial charge on any atom is 0.287 e. The van der Waals surface area contributed by atoms with Gasteiger partial charge in [-0.25, -0.2) is 8.78 Å². The van der Waals surface area contributed by atoms with Crippen LogP contribution in [-0.2, 0) is 4.79 Å². The van der Waals surface area contributed by atoms with Gasteiger partial charge in [-0.3, -0.25) is 4.79 Å². The Labute approximate surface area is 81.5 Å². The van der Waals surface area contributed by atoms with E-state index in [2.05, 4.69) is 0 Å². The molecule has 0 aromatic heterocycles. The van der Waals surface area contributed by atoms with Crippen molar-refractivity contribution in [1.29, 1.82) is 0 Å². The highest BCUT2D eigenvalue weighted by Gasteiger charge is 2.29. The van der Waals surface area contributed by atoms with Gasteiger partial charge < -0.3 is 16.2 Å². The fourth-order valence-electron chi connectivity index (χ4n) is 0.876. The Bertz CT molecular complexity index is 184. The number of rotatable bonds is 6. The summed E-state index contributed by atoms with van der Waals surface area (Å²) in [5, 5.41) is 10.3. The summed E-state index contributed by atoms with van der Waals surface area (Å²) in [6.45, 7) is -0.236. The Balaban J connectivity index is 3.95. The summed E-state index contributed by atoms with van der Waals surface area (Å²) in [7, 11) is 0. The summed E-state index contributed by atoms with van der Waals surface area (Å²) < 4.78 is 25.0. The van der Waals surface area contributed by atoms with Gasteiger partial charge in [-0.15, -0.1) is 0 Å². The molecule has 0 fully saturated rings. The van der Waals surface area contributed by atoms with Crippen LogP contribution in [0.2, 0.25) is 0 Å². The van der Waals surface area contributed by atoms with Crippen molar-refractivity contribution in [3.63, 3.8) is 0 Å². The van der Waals surface area contributed by atoms with Crippen LogP contribution in [0.3, 0.4) is 0 Å². The molecule has 0 aromatic rings. The number of carbonyl (C=O) groups is 1. The van der Waals surface area contributed by atoms with Crippen molar-refractivity contribution in [3.05, 3.63) is 0 Å². The number of nitrogens with two attached hydrogens (primary N) is 1. The van der Waals surface area contributed by atoms with Crippen molar-refractivity contribution >= 4 is 5.91 Å². The molecule has 1 unspecified atom stereocenters. The second-order valence-corrected chi connectivity index (χ2v) is 3.07. The van der Waals surface area contributed by atoms with E-state index in [0.29, 0.717) is 6.42 Å². The van der Waals surface area contributed by atoms with Gasteiger partial charge >= 0.3 is 0 Å². The monoisotopic (exact) mass is 210 g/mol. The van der Waals surface area contributed by atoms with Gasteiger partial charge in [0, 0.05) is 12.5 Å². The highest BCUT2D eigenvalue weighted by molar-refractivity contribution is 5.78. The largest absolute Gasteiger partial charge is 0.390 e. The van der Waals surface area contributed by atoms with Crippen LogP contribution < -0.4 is 11.1 Å². The third-order valence-corrected chi connectivity index (χ3v) is 1.90. The van der Waals surface area contributed by atoms with Gasteiger partial charge in [0.1, 0.15) is 6.61 Å². The quantitative estimate of drug-likeness (QED) is 0.564. The molecule has 0 spiro atoms. The first-order chi connectivity index (χ1) is 6.46. The summed E-state index contributed by atoms with van der Waals surface area (Å²) in [5.74, 6) is -4.20. The maximum absolute atomic E-state index is 12.5. The predicted octanol–water partition coefficient (Wildman–Crippen LogP) is -0.285. The molecule has 6 heteroatoms. The lowest BCUT2D eigenvalue weighted by atomic mass is 10.1. The number of aliphatic hydroxyl groups is 1. The van der Waals surface area contributed by atoms with Crippen molar-refractivity contribution in [2.45, 2.75) is 19.3 Å². The number of alkyl halides is 2. The topological polar surface area (TPSA) is 75.4 Å². The van der Waals surface area contributed by atoms with E-state index < -0.39 is 30.9 Å². The van der Waals surface area contributed by atoms with Crippen molar-refractivity contribution in [2.24, 2.45) is 11.7 Å². The van der Waals surface area contributed by atoms with E-state index in [1.54, 1.807) is 6.92 Å². The summed E-state index contributed by atoms with van der Waals surface area (Å²) in [6.07, 6.45) is 0.507. The zero-order chi connectivity index (χ0) is 11.2. The molecular formula is C8H16F2N2O2. The lowest BCUT2D eigenvalue weighted by molar-refractivity contribution is -0.127. The van der Waals surface area contributed by atoms with Gasteiger partial charge in [-0.2, -0.15) is 0 Å². The number of hydrogen-bond acceptors (Lipinski definition) is 3. The molecule has 4 N–H and O–H groups in total. The van der Waals surface area contributed by atoms with Gasteiger partial charge in [0.15, 0.2) is 0 Å². The lowest BCUT2D eigenvalue weighted by Gasteiger charge is -2.17. The lowest BCUT2D eigenvalue weighted by Crippen LogP contribution is -2.42. The third kappa shape index (κ3) is 4.48. The molecule has 1 amide bonds. The summed E-state index contributed by atoms with van der Waals surface area (Å²) in [6, 6.07) is 0. The molecule has 0 bridgehead atoms. The molecule has 1 atom stereocenters. The highest BCUT2D eigenvalue weighted by Crippen LogP contribution is 2.10. The van der Waals surface area contributed by atoms with Crippen LogP contribution in [0.1, 0.15) is 13.3 Å². The molecule has 0 aliphatic heterocycles. The predicted molar refractivity (Wildman–Crippen MR) is 47.9 cm³/mol. The fourth-order valence-corrected chi connectivity index (χ4v) is 0.876. The second-order valence-electron chi connectivity index (χ2n) is 3.07. The smallest absolute Gasteiger partial charge is 0.287 e. The van der Waals surface area contributed by atoms with Gasteiger partial charge in [-0.05, 0) is 6.42 Å². The Morgan fingerprint density at radius 1 is 1.64 bits per heavy atom. The maximum atomic E-state index is 12.5. The molecule has 0 saturated heterocycles. The molecule has 0 heterocycles. The van der Waals surface area contributed by atoms with Crippen molar-refractivity contribution < 1.29 is 18.7 Å². The van der Waals surface area contributed by atoms with Crippen LogP contribution in [0, 0.1) is 5.92 Å². The number of carbonyl (C=O) groups excluding carboxylic acids is 1. The molecular weight excluding hydrogens is 194 g/mol. The Hall–Kier alpha value is -0.750. The number of aliphatic hydroxyl groups excluding tert-OH is 1. The van der Waals surface area contributed by atoms with Crippen molar-refractivity contribution in [2.75, 3.05) is 19.7 Å². The molecule has 4 nitrogen and oxygen atoms in total. The SMILES string of the molecule is CCC(CN)C(=O)NCC(F)(F)CO. The minimum Gasteiger partial charge on any atom is -0.390 e. The van der Waals surface area contributed by atoms with Crippen LogP contribution in [0.15, 0.2) is 0 Å². The zero-order valence-corrected chi connectivity index (χ0v) is 8.09.